The standard InChI is InChI=1S/C14H17BrN2O2/c1-13(2,3)19-12(18)17-8-14(4-5-14)10-6-9(15)7-16-11(10)17/h6-7H,4-5,8H2,1-3H3. The van der Waals surface area contributed by atoms with Crippen LogP contribution in [-0.4, -0.2) is 23.2 Å². The Bertz CT molecular complexity index is 547. The van der Waals surface area contributed by atoms with Gasteiger partial charge in [0.05, 0.1) is 0 Å². The summed E-state index contributed by atoms with van der Waals surface area (Å²) in [5.41, 5.74) is 0.822. The summed E-state index contributed by atoms with van der Waals surface area (Å²) in [5, 5.41) is 0. The third kappa shape index (κ3) is 2.24. The normalized spacial score (nSPS) is 19.5. The number of ether oxygens (including phenoxy) is 1. The maximum absolute atomic E-state index is 12.3. The molecule has 0 radical (unpaired) electrons. The molecule has 0 aromatic carbocycles. The van der Waals surface area contributed by atoms with E-state index in [2.05, 4.69) is 27.0 Å². The molecule has 1 aromatic rings. The summed E-state index contributed by atoms with van der Waals surface area (Å²) in [6.45, 7) is 6.33. The van der Waals surface area contributed by atoms with E-state index in [1.807, 2.05) is 20.8 Å². The number of anilines is 1. The fourth-order valence-corrected chi connectivity index (χ4v) is 2.88. The third-order valence-corrected chi connectivity index (χ3v) is 4.02. The van der Waals surface area contributed by atoms with Crippen molar-refractivity contribution in [3.05, 3.63) is 22.3 Å². The molecule has 0 atom stereocenters. The van der Waals surface area contributed by atoms with Gasteiger partial charge >= 0.3 is 6.09 Å². The molecule has 0 unspecified atom stereocenters. The summed E-state index contributed by atoms with van der Waals surface area (Å²) >= 11 is 3.45. The first kappa shape index (κ1) is 12.9. The van der Waals surface area contributed by atoms with E-state index in [1.165, 1.54) is 5.56 Å². The Labute approximate surface area is 121 Å². The highest BCUT2D eigenvalue weighted by atomic mass is 79.9. The fraction of sp³-hybridized carbons (Fsp3) is 0.571. The van der Waals surface area contributed by atoms with Gasteiger partial charge in [0.15, 0.2) is 0 Å². The fourth-order valence-electron chi connectivity index (χ4n) is 2.55. The van der Waals surface area contributed by atoms with Crippen molar-refractivity contribution in [3.8, 4) is 0 Å². The zero-order valence-electron chi connectivity index (χ0n) is 11.4. The first-order valence-electron chi connectivity index (χ1n) is 6.47. The average Bonchev–Trinajstić information content (AvgIpc) is 2.97. The van der Waals surface area contributed by atoms with E-state index in [-0.39, 0.29) is 11.5 Å². The quantitative estimate of drug-likeness (QED) is 0.731. The molecule has 1 aromatic heterocycles. The van der Waals surface area contributed by atoms with Gasteiger partial charge in [0.25, 0.3) is 0 Å². The number of hydrogen-bond donors (Lipinski definition) is 0. The van der Waals surface area contributed by atoms with Gasteiger partial charge in [0, 0.05) is 28.2 Å². The van der Waals surface area contributed by atoms with Crippen molar-refractivity contribution >= 4 is 27.8 Å². The molecular weight excluding hydrogens is 308 g/mol. The second kappa shape index (κ2) is 3.95. The van der Waals surface area contributed by atoms with E-state index in [1.54, 1.807) is 11.1 Å². The van der Waals surface area contributed by atoms with Crippen molar-refractivity contribution < 1.29 is 9.53 Å². The van der Waals surface area contributed by atoms with Crippen molar-refractivity contribution in [3.63, 3.8) is 0 Å². The highest BCUT2D eigenvalue weighted by Gasteiger charge is 2.54. The number of fused-ring (bicyclic) bond motifs is 2. The average molecular weight is 325 g/mol. The number of amides is 1. The first-order valence-corrected chi connectivity index (χ1v) is 7.27. The van der Waals surface area contributed by atoms with Crippen molar-refractivity contribution in [1.82, 2.24) is 4.98 Å². The number of halogens is 1. The monoisotopic (exact) mass is 324 g/mol. The Kier molecular flexibility index (Phi) is 2.68. The minimum atomic E-state index is -0.480. The molecule has 4 nitrogen and oxygen atoms in total. The van der Waals surface area contributed by atoms with Crippen molar-refractivity contribution in [2.45, 2.75) is 44.6 Å². The molecular formula is C14H17BrN2O2. The molecule has 1 fully saturated rings. The highest BCUT2D eigenvalue weighted by molar-refractivity contribution is 9.10. The van der Waals surface area contributed by atoms with E-state index < -0.39 is 5.60 Å². The smallest absolute Gasteiger partial charge is 0.416 e. The lowest BCUT2D eigenvalue weighted by molar-refractivity contribution is 0.0580. The molecule has 2 aliphatic rings. The lowest BCUT2D eigenvalue weighted by atomic mass is 10.0. The topological polar surface area (TPSA) is 42.4 Å². The lowest BCUT2D eigenvalue weighted by Gasteiger charge is -2.24. The number of nitrogens with zero attached hydrogens (tertiary/aromatic N) is 2. The van der Waals surface area contributed by atoms with Crippen molar-refractivity contribution in [1.29, 1.82) is 0 Å². The van der Waals surface area contributed by atoms with Crippen LogP contribution >= 0.6 is 15.9 Å². The SMILES string of the molecule is CC(C)(C)OC(=O)N1CC2(CC2)c2cc(Br)cnc21. The predicted octanol–water partition coefficient (Wildman–Crippen LogP) is 3.63. The molecule has 19 heavy (non-hydrogen) atoms. The van der Waals surface area contributed by atoms with Gasteiger partial charge in [-0.1, -0.05) is 0 Å². The zero-order valence-corrected chi connectivity index (χ0v) is 13.0. The zero-order chi connectivity index (χ0) is 13.8. The molecule has 0 bridgehead atoms. The van der Waals surface area contributed by atoms with Crippen LogP contribution in [-0.2, 0) is 10.2 Å². The maximum Gasteiger partial charge on any atom is 0.416 e. The summed E-state index contributed by atoms with van der Waals surface area (Å²) in [6, 6.07) is 2.08. The van der Waals surface area contributed by atoms with E-state index >= 15 is 0 Å². The van der Waals surface area contributed by atoms with E-state index in [4.69, 9.17) is 4.74 Å². The summed E-state index contributed by atoms with van der Waals surface area (Å²) in [4.78, 5) is 18.4. The molecule has 1 saturated carbocycles. The largest absolute Gasteiger partial charge is 0.443 e. The molecule has 5 heteroatoms. The van der Waals surface area contributed by atoms with Crippen molar-refractivity contribution in [2.75, 3.05) is 11.4 Å². The van der Waals surface area contributed by atoms with Crippen LogP contribution in [0.4, 0.5) is 10.6 Å². The summed E-state index contributed by atoms with van der Waals surface area (Å²) < 4.78 is 6.43. The number of hydrogen-bond acceptors (Lipinski definition) is 3. The molecule has 2 heterocycles. The second-order valence-electron chi connectivity index (χ2n) is 6.37. The molecule has 1 aliphatic carbocycles. The number of carbonyl (C=O) groups excluding carboxylic acids is 1. The Morgan fingerprint density at radius 2 is 2.16 bits per heavy atom. The van der Waals surface area contributed by atoms with Gasteiger partial charge in [-0.15, -0.1) is 0 Å². The first-order chi connectivity index (χ1) is 8.81. The van der Waals surface area contributed by atoms with Crippen LogP contribution in [0.25, 0.3) is 0 Å². The van der Waals surface area contributed by atoms with Crippen LogP contribution in [0.1, 0.15) is 39.2 Å². The highest BCUT2D eigenvalue weighted by Crippen LogP contribution is 2.56. The van der Waals surface area contributed by atoms with Gasteiger partial charge in [-0.05, 0) is 55.6 Å². The van der Waals surface area contributed by atoms with Crippen LogP contribution in [0.3, 0.4) is 0 Å². The van der Waals surface area contributed by atoms with Crippen LogP contribution in [0, 0.1) is 0 Å². The molecule has 0 N–H and O–H groups in total. The summed E-state index contributed by atoms with van der Waals surface area (Å²) in [6.07, 6.45) is 3.68. The van der Waals surface area contributed by atoms with Gasteiger partial charge in [-0.2, -0.15) is 0 Å². The summed E-state index contributed by atoms with van der Waals surface area (Å²) in [5.74, 6) is 0.759. The van der Waals surface area contributed by atoms with Crippen LogP contribution in [0.5, 0.6) is 0 Å². The van der Waals surface area contributed by atoms with Gasteiger partial charge in [0.1, 0.15) is 11.4 Å². The molecule has 3 rings (SSSR count). The molecule has 1 amide bonds. The third-order valence-electron chi connectivity index (χ3n) is 3.59. The maximum atomic E-state index is 12.3. The van der Waals surface area contributed by atoms with Crippen LogP contribution < -0.4 is 4.90 Å². The molecule has 0 saturated heterocycles. The number of pyridine rings is 1. The van der Waals surface area contributed by atoms with E-state index in [0.717, 1.165) is 23.1 Å². The minimum absolute atomic E-state index is 0.128. The Balaban J connectivity index is 1.93. The Morgan fingerprint density at radius 3 is 2.74 bits per heavy atom. The van der Waals surface area contributed by atoms with Gasteiger partial charge in [-0.3, -0.25) is 4.90 Å². The Morgan fingerprint density at radius 1 is 1.47 bits per heavy atom. The van der Waals surface area contributed by atoms with E-state index in [0.29, 0.717) is 6.54 Å². The Hall–Kier alpha value is -1.10. The second-order valence-corrected chi connectivity index (χ2v) is 7.29. The van der Waals surface area contributed by atoms with Crippen molar-refractivity contribution in [2.24, 2.45) is 0 Å². The van der Waals surface area contributed by atoms with Gasteiger partial charge in [0.2, 0.25) is 0 Å². The molecule has 1 spiro atoms. The number of aromatic nitrogens is 1. The van der Waals surface area contributed by atoms with E-state index in [9.17, 15) is 4.79 Å². The molecule has 1 aliphatic heterocycles. The number of rotatable bonds is 0. The van der Waals surface area contributed by atoms with Crippen LogP contribution in [0.15, 0.2) is 16.7 Å². The van der Waals surface area contributed by atoms with Gasteiger partial charge < -0.3 is 4.74 Å². The van der Waals surface area contributed by atoms with Crippen LogP contribution in [0.2, 0.25) is 0 Å². The van der Waals surface area contributed by atoms with Gasteiger partial charge in [-0.25, -0.2) is 9.78 Å². The minimum Gasteiger partial charge on any atom is -0.443 e. The number of carbonyl (C=O) groups is 1. The summed E-state index contributed by atoms with van der Waals surface area (Å²) in [7, 11) is 0. The lowest BCUT2D eigenvalue weighted by Crippen LogP contribution is -2.37. The predicted molar refractivity (Wildman–Crippen MR) is 76.4 cm³/mol. The molecule has 102 valence electrons.